The van der Waals surface area contributed by atoms with Gasteiger partial charge in [0.1, 0.15) is 0 Å². The van der Waals surface area contributed by atoms with Gasteiger partial charge >= 0.3 is 0 Å². The van der Waals surface area contributed by atoms with Gasteiger partial charge in [-0.15, -0.1) is 0 Å². The fourth-order valence-corrected chi connectivity index (χ4v) is 1.33. The first-order valence-electron chi connectivity index (χ1n) is 5.59. The van der Waals surface area contributed by atoms with Crippen LogP contribution in [-0.4, -0.2) is 20.7 Å². The zero-order valence-electron chi connectivity index (χ0n) is 10.6. The average Bonchev–Trinajstić information content (AvgIpc) is 2.87. The molecule has 0 aliphatic rings. The highest BCUT2D eigenvalue weighted by atomic mass is 16.5. The van der Waals surface area contributed by atoms with Crippen LogP contribution in [0.3, 0.4) is 0 Å². The molecule has 5 nitrogen and oxygen atoms in total. The van der Waals surface area contributed by atoms with E-state index in [2.05, 4.69) is 15.1 Å². The molecule has 3 N–H and O–H groups in total. The molecule has 0 aliphatic carbocycles. The zero-order chi connectivity index (χ0) is 12.7. The van der Waals surface area contributed by atoms with Crippen molar-refractivity contribution in [1.29, 1.82) is 0 Å². The van der Waals surface area contributed by atoms with Crippen LogP contribution in [0.2, 0.25) is 0 Å². The number of nitrogens with two attached hydrogens (primary N) is 1. The lowest BCUT2D eigenvalue weighted by atomic mass is 9.75. The fraction of sp³-hybridized carbons (Fsp3) is 0.500. The van der Waals surface area contributed by atoms with Gasteiger partial charge in [-0.05, 0) is 39.8 Å². The van der Waals surface area contributed by atoms with Crippen LogP contribution >= 0.6 is 0 Å². The van der Waals surface area contributed by atoms with Crippen molar-refractivity contribution >= 4 is 0 Å². The summed E-state index contributed by atoms with van der Waals surface area (Å²) < 4.78 is 5.32. The summed E-state index contributed by atoms with van der Waals surface area (Å²) in [5.41, 5.74) is 6.15. The van der Waals surface area contributed by atoms with Crippen molar-refractivity contribution in [2.75, 3.05) is 0 Å². The van der Waals surface area contributed by atoms with Gasteiger partial charge in [0.2, 0.25) is 11.7 Å². The van der Waals surface area contributed by atoms with Gasteiger partial charge in [0.25, 0.3) is 0 Å². The largest absolute Gasteiger partial charge is 0.359 e. The first kappa shape index (κ1) is 11.9. The third-order valence-corrected chi connectivity index (χ3v) is 3.41. The van der Waals surface area contributed by atoms with E-state index in [0.717, 1.165) is 5.69 Å². The molecule has 0 aromatic carbocycles. The molecule has 92 valence electrons. The van der Waals surface area contributed by atoms with Gasteiger partial charge in [0.05, 0.1) is 11.1 Å². The Morgan fingerprint density at radius 1 is 1.29 bits per heavy atom. The second kappa shape index (κ2) is 3.70. The number of hydrogen-bond donors (Lipinski definition) is 2. The Morgan fingerprint density at radius 2 is 2.00 bits per heavy atom. The molecule has 0 spiro atoms. The van der Waals surface area contributed by atoms with Crippen molar-refractivity contribution in [3.8, 4) is 11.5 Å². The Balaban J connectivity index is 2.37. The number of nitrogens with zero attached hydrogens (tertiary/aromatic N) is 2. The van der Waals surface area contributed by atoms with E-state index in [0.29, 0.717) is 11.7 Å². The molecule has 2 heterocycles. The summed E-state index contributed by atoms with van der Waals surface area (Å²) >= 11 is 0. The molecule has 0 fully saturated rings. The molecule has 0 aliphatic heterocycles. The Kier molecular flexibility index (Phi) is 2.58. The second-order valence-corrected chi connectivity index (χ2v) is 5.35. The van der Waals surface area contributed by atoms with E-state index < -0.39 is 5.54 Å². The third-order valence-electron chi connectivity index (χ3n) is 3.41. The van der Waals surface area contributed by atoms with Crippen LogP contribution in [0.5, 0.6) is 0 Å². The number of nitrogens with one attached hydrogen (secondary N) is 1. The predicted octanol–water partition coefficient (Wildman–Crippen LogP) is 2.08. The monoisotopic (exact) mass is 234 g/mol. The van der Waals surface area contributed by atoms with Crippen LogP contribution in [0.1, 0.15) is 33.6 Å². The van der Waals surface area contributed by atoms with Gasteiger partial charge in [-0.2, -0.15) is 4.98 Å². The number of rotatable bonds is 3. The van der Waals surface area contributed by atoms with Gasteiger partial charge in [-0.1, -0.05) is 5.16 Å². The van der Waals surface area contributed by atoms with E-state index in [4.69, 9.17) is 10.3 Å². The molecule has 17 heavy (non-hydrogen) atoms. The highest BCUT2D eigenvalue weighted by Gasteiger charge is 2.40. The minimum Gasteiger partial charge on any atom is -0.359 e. The second-order valence-electron chi connectivity index (χ2n) is 5.35. The quantitative estimate of drug-likeness (QED) is 0.852. The minimum absolute atomic E-state index is 0.384. The molecular formula is C12H18N4O. The van der Waals surface area contributed by atoms with Crippen LogP contribution < -0.4 is 5.73 Å². The molecule has 0 unspecified atom stereocenters. The van der Waals surface area contributed by atoms with Crippen molar-refractivity contribution < 1.29 is 4.52 Å². The summed E-state index contributed by atoms with van der Waals surface area (Å²) in [5, 5.41) is 3.97. The summed E-state index contributed by atoms with van der Waals surface area (Å²) in [6.07, 6.45) is 1.82. The lowest BCUT2D eigenvalue weighted by Gasteiger charge is -2.34. The number of aromatic amines is 1. The number of H-pyrrole nitrogens is 1. The van der Waals surface area contributed by atoms with Crippen molar-refractivity contribution in [2.45, 2.75) is 38.6 Å². The maximum atomic E-state index is 6.14. The molecule has 2 rings (SSSR count). The van der Waals surface area contributed by atoms with Crippen LogP contribution in [0, 0.1) is 0 Å². The van der Waals surface area contributed by atoms with Gasteiger partial charge in [0, 0.05) is 11.7 Å². The van der Waals surface area contributed by atoms with Crippen molar-refractivity contribution in [2.24, 2.45) is 5.73 Å². The maximum absolute atomic E-state index is 6.14. The summed E-state index contributed by atoms with van der Waals surface area (Å²) in [6.45, 7) is 7.90. The zero-order valence-corrected chi connectivity index (χ0v) is 10.6. The maximum Gasteiger partial charge on any atom is 0.234 e. The van der Waals surface area contributed by atoms with Crippen molar-refractivity contribution in [3.63, 3.8) is 0 Å². The topological polar surface area (TPSA) is 80.7 Å². The number of aromatic nitrogens is 3. The standard InChI is InChI=1S/C12H18N4O/c1-11(2,12(3,4)13)10-15-9(16-17-10)8-6-5-7-14-8/h5-7,14H,13H2,1-4H3. The van der Waals surface area contributed by atoms with E-state index >= 15 is 0 Å². The van der Waals surface area contributed by atoms with Gasteiger partial charge in [-0.3, -0.25) is 0 Å². The fourth-order valence-electron chi connectivity index (χ4n) is 1.33. The number of hydrogen-bond acceptors (Lipinski definition) is 4. The van der Waals surface area contributed by atoms with E-state index in [1.54, 1.807) is 0 Å². The van der Waals surface area contributed by atoms with E-state index in [1.807, 2.05) is 46.0 Å². The molecule has 0 saturated carbocycles. The average molecular weight is 234 g/mol. The smallest absolute Gasteiger partial charge is 0.234 e. The van der Waals surface area contributed by atoms with Crippen LogP contribution in [-0.2, 0) is 5.41 Å². The Morgan fingerprint density at radius 3 is 2.53 bits per heavy atom. The Hall–Kier alpha value is -1.62. The third kappa shape index (κ3) is 1.98. The summed E-state index contributed by atoms with van der Waals surface area (Å²) in [6, 6.07) is 3.79. The molecule has 0 amide bonds. The molecule has 0 bridgehead atoms. The first-order chi connectivity index (χ1) is 7.82. The van der Waals surface area contributed by atoms with Crippen LogP contribution in [0.4, 0.5) is 0 Å². The van der Waals surface area contributed by atoms with Crippen molar-refractivity contribution in [1.82, 2.24) is 15.1 Å². The van der Waals surface area contributed by atoms with Gasteiger partial charge in [-0.25, -0.2) is 0 Å². The Labute approximate surface area is 100 Å². The van der Waals surface area contributed by atoms with Crippen LogP contribution in [0.15, 0.2) is 22.9 Å². The molecule has 0 saturated heterocycles. The molecule has 2 aromatic rings. The van der Waals surface area contributed by atoms with Crippen LogP contribution in [0.25, 0.3) is 11.5 Å². The SMILES string of the molecule is CC(C)(N)C(C)(C)c1nc(-c2ccc[nH]2)no1. The van der Waals surface area contributed by atoms with Gasteiger partial charge in [0.15, 0.2) is 0 Å². The molecule has 0 radical (unpaired) electrons. The molecule has 5 heteroatoms. The van der Waals surface area contributed by atoms with E-state index in [9.17, 15) is 0 Å². The van der Waals surface area contributed by atoms with E-state index in [-0.39, 0.29) is 5.41 Å². The summed E-state index contributed by atoms with van der Waals surface area (Å²) in [4.78, 5) is 7.44. The molecule has 2 aromatic heterocycles. The highest BCUT2D eigenvalue weighted by molar-refractivity contribution is 5.48. The summed E-state index contributed by atoms with van der Waals surface area (Å²) in [7, 11) is 0. The predicted molar refractivity (Wildman–Crippen MR) is 65.4 cm³/mol. The first-order valence-corrected chi connectivity index (χ1v) is 5.59. The lowest BCUT2D eigenvalue weighted by molar-refractivity contribution is 0.223. The summed E-state index contributed by atoms with van der Waals surface area (Å²) in [5.74, 6) is 1.11. The Bertz CT molecular complexity index is 491. The minimum atomic E-state index is -0.438. The highest BCUT2D eigenvalue weighted by Crippen LogP contribution is 2.32. The molecule has 0 atom stereocenters. The molecular weight excluding hydrogens is 216 g/mol. The lowest BCUT2D eigenvalue weighted by Crippen LogP contribution is -2.50. The van der Waals surface area contributed by atoms with Crippen molar-refractivity contribution in [3.05, 3.63) is 24.2 Å². The normalized spacial score (nSPS) is 13.0. The van der Waals surface area contributed by atoms with E-state index in [1.165, 1.54) is 0 Å². The van der Waals surface area contributed by atoms with Gasteiger partial charge < -0.3 is 15.2 Å².